The van der Waals surface area contributed by atoms with Gasteiger partial charge in [0.05, 0.1) is 17.1 Å². The first-order valence-electron chi connectivity index (χ1n) is 11.7. The summed E-state index contributed by atoms with van der Waals surface area (Å²) in [4.78, 5) is 19.5. The molecule has 0 radical (unpaired) electrons. The van der Waals surface area contributed by atoms with Crippen molar-refractivity contribution < 1.29 is 13.6 Å². The Morgan fingerprint density at radius 1 is 1.19 bits per heavy atom. The van der Waals surface area contributed by atoms with Gasteiger partial charge in [-0.3, -0.25) is 9.47 Å². The molecule has 5 rings (SSSR count). The van der Waals surface area contributed by atoms with Crippen LogP contribution in [0.15, 0.2) is 60.8 Å². The molecule has 1 aliphatic rings. The highest BCUT2D eigenvalue weighted by Crippen LogP contribution is 2.32. The summed E-state index contributed by atoms with van der Waals surface area (Å²) >= 11 is 5.96. The van der Waals surface area contributed by atoms with Crippen molar-refractivity contribution >= 4 is 34.6 Å². The number of hydrogen-bond donors (Lipinski definition) is 1. The molecule has 186 valence electrons. The Bertz CT molecular complexity index is 1570. The zero-order valence-electron chi connectivity index (χ0n) is 19.7. The third-order valence-corrected chi connectivity index (χ3v) is 6.62. The number of amides is 1. The predicted molar refractivity (Wildman–Crippen MR) is 138 cm³/mol. The Hall–Kier alpha value is -4.06. The van der Waals surface area contributed by atoms with E-state index >= 15 is 0 Å². The van der Waals surface area contributed by atoms with Crippen LogP contribution in [-0.2, 0) is 19.5 Å². The average molecular weight is 518 g/mol. The van der Waals surface area contributed by atoms with E-state index in [0.29, 0.717) is 48.9 Å². The molecule has 2 aromatic carbocycles. The maximum Gasteiger partial charge on any atom is 0.326 e. The molecule has 6 nitrogen and oxygen atoms in total. The molecule has 2 aromatic heterocycles. The highest BCUT2D eigenvalue weighted by molar-refractivity contribution is 6.29. The molecular formula is C28H22ClF2N5O. The van der Waals surface area contributed by atoms with Crippen LogP contribution in [0.25, 0.3) is 17.0 Å². The molecule has 0 aliphatic carbocycles. The van der Waals surface area contributed by atoms with Crippen LogP contribution >= 0.6 is 11.6 Å². The number of hydrogen-bond acceptors (Lipinski definition) is 4. The molecular weight excluding hydrogens is 496 g/mol. The van der Waals surface area contributed by atoms with Crippen LogP contribution in [0.3, 0.4) is 0 Å². The molecule has 4 aromatic rings. The summed E-state index contributed by atoms with van der Waals surface area (Å²) in [5.41, 5.74) is 4.30. The van der Waals surface area contributed by atoms with Gasteiger partial charge in [0, 0.05) is 61.5 Å². The monoisotopic (exact) mass is 517 g/mol. The lowest BCUT2D eigenvalue weighted by atomic mass is 10.0. The van der Waals surface area contributed by atoms with E-state index in [1.54, 1.807) is 41.1 Å². The third kappa shape index (κ3) is 5.24. The standard InChI is InChI=1S/C28H22ClF2N5O/c29-27-13-19(7-9-33-27)16-34-28(37)36-25-6-3-18(15-32)12-22(25)23-17-35(11-8-26(23)36)10-1-2-20-4-5-21(30)14-24(20)31/h1-7,9,12-14H,8,10-11,16-17H2,(H,34,37)/b2-1+. The van der Waals surface area contributed by atoms with Crippen LogP contribution in [0, 0.1) is 23.0 Å². The van der Waals surface area contributed by atoms with Gasteiger partial charge in [0.25, 0.3) is 0 Å². The van der Waals surface area contributed by atoms with Gasteiger partial charge >= 0.3 is 6.03 Å². The Balaban J connectivity index is 1.39. The van der Waals surface area contributed by atoms with Gasteiger partial charge < -0.3 is 5.32 Å². The van der Waals surface area contributed by atoms with E-state index in [-0.39, 0.29) is 6.03 Å². The summed E-state index contributed by atoms with van der Waals surface area (Å²) in [6.45, 7) is 2.10. The van der Waals surface area contributed by atoms with Crippen molar-refractivity contribution in [1.82, 2.24) is 19.8 Å². The normalized spacial score (nSPS) is 13.6. The molecule has 0 fully saturated rings. The van der Waals surface area contributed by atoms with Crippen molar-refractivity contribution in [2.75, 3.05) is 13.1 Å². The van der Waals surface area contributed by atoms with Crippen molar-refractivity contribution in [3.05, 3.63) is 106 Å². The fourth-order valence-electron chi connectivity index (χ4n) is 4.65. The van der Waals surface area contributed by atoms with E-state index in [2.05, 4.69) is 21.3 Å². The van der Waals surface area contributed by atoms with Gasteiger partial charge in [-0.25, -0.2) is 18.6 Å². The summed E-state index contributed by atoms with van der Waals surface area (Å²) < 4.78 is 28.8. The number of pyridine rings is 1. The summed E-state index contributed by atoms with van der Waals surface area (Å²) in [6, 6.07) is 14.2. The van der Waals surface area contributed by atoms with Crippen LogP contribution < -0.4 is 5.32 Å². The molecule has 9 heteroatoms. The molecule has 37 heavy (non-hydrogen) atoms. The van der Waals surface area contributed by atoms with Gasteiger partial charge in [0.1, 0.15) is 16.8 Å². The first kappa shape index (κ1) is 24.6. The van der Waals surface area contributed by atoms with E-state index in [9.17, 15) is 18.8 Å². The first-order valence-corrected chi connectivity index (χ1v) is 12.1. The van der Waals surface area contributed by atoms with Crippen molar-refractivity contribution in [3.8, 4) is 6.07 Å². The lowest BCUT2D eigenvalue weighted by molar-refractivity contribution is 0.240. The minimum absolute atomic E-state index is 0.260. The lowest BCUT2D eigenvalue weighted by Gasteiger charge is -2.27. The largest absolute Gasteiger partial charge is 0.333 e. The van der Waals surface area contributed by atoms with Crippen molar-refractivity contribution in [2.24, 2.45) is 0 Å². The molecule has 3 heterocycles. The summed E-state index contributed by atoms with van der Waals surface area (Å²) in [5.74, 6) is -1.22. The second kappa shape index (κ2) is 10.5. The van der Waals surface area contributed by atoms with Crippen LogP contribution in [-0.4, -0.2) is 33.6 Å². The van der Waals surface area contributed by atoms with Crippen molar-refractivity contribution in [1.29, 1.82) is 5.26 Å². The van der Waals surface area contributed by atoms with Crippen LogP contribution in [0.1, 0.15) is 27.9 Å². The zero-order chi connectivity index (χ0) is 25.9. The minimum atomic E-state index is -0.611. The Morgan fingerprint density at radius 3 is 2.84 bits per heavy atom. The van der Waals surface area contributed by atoms with Gasteiger partial charge in [0.15, 0.2) is 0 Å². The fraction of sp³-hybridized carbons (Fsp3) is 0.179. The SMILES string of the molecule is N#Cc1ccc2c(c1)c1c(n2C(=O)NCc2ccnc(Cl)c2)CCN(C/C=C/c2ccc(F)cc2F)C1. The maximum absolute atomic E-state index is 13.9. The Morgan fingerprint density at radius 2 is 2.05 bits per heavy atom. The summed E-state index contributed by atoms with van der Waals surface area (Å²) in [6.07, 6.45) is 5.70. The average Bonchev–Trinajstić information content (AvgIpc) is 3.21. The summed E-state index contributed by atoms with van der Waals surface area (Å²) in [7, 11) is 0. The molecule has 0 saturated heterocycles. The van der Waals surface area contributed by atoms with Gasteiger partial charge in [-0.1, -0.05) is 23.8 Å². The number of rotatable bonds is 5. The molecule has 0 bridgehead atoms. The Labute approximate surface area is 217 Å². The second-order valence-corrected chi connectivity index (χ2v) is 9.19. The fourth-order valence-corrected chi connectivity index (χ4v) is 4.84. The molecule has 1 amide bonds. The maximum atomic E-state index is 13.9. The number of benzene rings is 2. The molecule has 1 N–H and O–H groups in total. The first-order chi connectivity index (χ1) is 17.9. The molecule has 0 unspecified atom stereocenters. The number of nitriles is 1. The zero-order valence-corrected chi connectivity index (χ0v) is 20.5. The minimum Gasteiger partial charge on any atom is -0.333 e. The Kier molecular flexibility index (Phi) is 6.99. The number of carbonyl (C=O) groups is 1. The number of nitrogens with one attached hydrogen (secondary N) is 1. The number of aromatic nitrogens is 2. The van der Waals surface area contributed by atoms with Gasteiger partial charge in [-0.15, -0.1) is 0 Å². The van der Waals surface area contributed by atoms with E-state index in [1.165, 1.54) is 12.1 Å². The van der Waals surface area contributed by atoms with Crippen molar-refractivity contribution in [2.45, 2.75) is 19.5 Å². The molecule has 1 aliphatic heterocycles. The highest BCUT2D eigenvalue weighted by atomic mass is 35.5. The van der Waals surface area contributed by atoms with Crippen LogP contribution in [0.5, 0.6) is 0 Å². The quantitative estimate of drug-likeness (QED) is 0.346. The second-order valence-electron chi connectivity index (χ2n) is 8.80. The number of halogens is 3. The van der Waals surface area contributed by atoms with E-state index in [1.807, 2.05) is 12.1 Å². The number of nitrogens with zero attached hydrogens (tertiary/aromatic N) is 4. The lowest BCUT2D eigenvalue weighted by Crippen LogP contribution is -2.34. The smallest absolute Gasteiger partial charge is 0.326 e. The topological polar surface area (TPSA) is 74.0 Å². The highest BCUT2D eigenvalue weighted by Gasteiger charge is 2.26. The van der Waals surface area contributed by atoms with Crippen LogP contribution in [0.2, 0.25) is 5.15 Å². The molecule has 0 atom stereocenters. The number of carbonyl (C=O) groups excluding carboxylic acids is 1. The van der Waals surface area contributed by atoms with Gasteiger partial charge in [0.2, 0.25) is 0 Å². The molecule has 0 spiro atoms. The van der Waals surface area contributed by atoms with Gasteiger partial charge in [-0.2, -0.15) is 5.26 Å². The third-order valence-electron chi connectivity index (χ3n) is 6.42. The van der Waals surface area contributed by atoms with E-state index in [0.717, 1.165) is 33.8 Å². The van der Waals surface area contributed by atoms with Gasteiger partial charge in [-0.05, 0) is 53.6 Å². The van der Waals surface area contributed by atoms with E-state index in [4.69, 9.17) is 11.6 Å². The number of fused-ring (bicyclic) bond motifs is 3. The molecule has 0 saturated carbocycles. The van der Waals surface area contributed by atoms with E-state index < -0.39 is 11.6 Å². The van der Waals surface area contributed by atoms with Crippen molar-refractivity contribution in [3.63, 3.8) is 0 Å². The predicted octanol–water partition coefficient (Wildman–Crippen LogP) is 5.67. The van der Waals surface area contributed by atoms with Crippen LogP contribution in [0.4, 0.5) is 13.6 Å². The summed E-state index contributed by atoms with van der Waals surface area (Å²) in [5, 5.41) is 13.6.